The minimum Gasteiger partial charge on any atom is -0.478 e. The number of carboxylic acids is 1. The number of rotatable bonds is 2. The molecule has 0 bridgehead atoms. The number of carbonyl (C=O) groups is 1. The number of aliphatic hydroxyl groups is 1. The van der Waals surface area contributed by atoms with Crippen molar-refractivity contribution in [1.82, 2.24) is 4.98 Å². The van der Waals surface area contributed by atoms with Gasteiger partial charge in [-0.25, -0.2) is 13.6 Å². The summed E-state index contributed by atoms with van der Waals surface area (Å²) in [7, 11) is 0. The van der Waals surface area contributed by atoms with Crippen LogP contribution in [-0.4, -0.2) is 46.3 Å². The largest absolute Gasteiger partial charge is 0.478 e. The first-order valence-corrected chi connectivity index (χ1v) is 6.31. The van der Waals surface area contributed by atoms with Crippen molar-refractivity contribution in [2.45, 2.75) is 12.0 Å². The molecule has 0 amide bonds. The van der Waals surface area contributed by atoms with E-state index < -0.39 is 24.5 Å². The van der Waals surface area contributed by atoms with E-state index in [9.17, 15) is 18.7 Å². The van der Waals surface area contributed by atoms with Crippen LogP contribution in [0.25, 0.3) is 10.9 Å². The number of nitrogens with zero attached hydrogens (tertiary/aromatic N) is 2. The van der Waals surface area contributed by atoms with Crippen LogP contribution in [0.3, 0.4) is 0 Å². The minimum absolute atomic E-state index is 0.0633. The third-order valence-corrected chi connectivity index (χ3v) is 3.60. The van der Waals surface area contributed by atoms with Crippen molar-refractivity contribution in [2.24, 2.45) is 0 Å². The Morgan fingerprint density at radius 1 is 1.38 bits per heavy atom. The zero-order chi connectivity index (χ0) is 15.2. The van der Waals surface area contributed by atoms with E-state index in [1.807, 2.05) is 0 Å². The van der Waals surface area contributed by atoms with E-state index in [0.29, 0.717) is 16.6 Å². The lowest BCUT2D eigenvalue weighted by molar-refractivity contribution is -0.0712. The monoisotopic (exact) mass is 294 g/mol. The van der Waals surface area contributed by atoms with Crippen LogP contribution in [-0.2, 0) is 0 Å². The Balaban J connectivity index is 2.06. The lowest BCUT2D eigenvalue weighted by Gasteiger charge is -2.18. The Labute approximate surface area is 118 Å². The highest BCUT2D eigenvalue weighted by Crippen LogP contribution is 2.33. The summed E-state index contributed by atoms with van der Waals surface area (Å²) in [6.07, 6.45) is -0.333. The molecule has 2 heterocycles. The number of aliphatic hydroxyl groups excluding tert-OH is 1. The summed E-state index contributed by atoms with van der Waals surface area (Å²) in [5, 5.41) is 18.9. The van der Waals surface area contributed by atoms with Crippen molar-refractivity contribution in [3.05, 3.63) is 36.0 Å². The van der Waals surface area contributed by atoms with Gasteiger partial charge in [0.15, 0.2) is 0 Å². The van der Waals surface area contributed by atoms with Crippen molar-refractivity contribution in [3.63, 3.8) is 0 Å². The van der Waals surface area contributed by atoms with Gasteiger partial charge in [0, 0.05) is 17.3 Å². The molecule has 0 aliphatic carbocycles. The van der Waals surface area contributed by atoms with Gasteiger partial charge in [0.05, 0.1) is 24.2 Å². The Morgan fingerprint density at radius 3 is 2.76 bits per heavy atom. The van der Waals surface area contributed by atoms with Gasteiger partial charge in [0.25, 0.3) is 5.92 Å². The quantitative estimate of drug-likeness (QED) is 0.882. The second kappa shape index (κ2) is 4.63. The molecule has 0 radical (unpaired) electrons. The van der Waals surface area contributed by atoms with Gasteiger partial charge in [-0.15, -0.1) is 0 Å². The zero-order valence-corrected chi connectivity index (χ0v) is 10.8. The van der Waals surface area contributed by atoms with Gasteiger partial charge in [-0.2, -0.15) is 0 Å². The number of benzene rings is 1. The maximum atomic E-state index is 13.4. The molecular weight excluding hydrogens is 282 g/mol. The molecule has 1 aliphatic rings. The molecule has 5 nitrogen and oxygen atoms in total. The fraction of sp³-hybridized carbons (Fsp3) is 0.286. The number of anilines is 1. The van der Waals surface area contributed by atoms with E-state index in [-0.39, 0.29) is 12.1 Å². The Kier molecular flexibility index (Phi) is 3.02. The van der Waals surface area contributed by atoms with Crippen LogP contribution in [0.2, 0.25) is 0 Å². The fourth-order valence-corrected chi connectivity index (χ4v) is 2.48. The number of β-amino-alcohol motifs (C(OH)–C–C–N with tert-alkyl or cyclic N) is 1. The van der Waals surface area contributed by atoms with E-state index >= 15 is 0 Å². The number of fused-ring (bicyclic) bond motifs is 1. The number of hydrogen-bond acceptors (Lipinski definition) is 4. The minimum atomic E-state index is -3.17. The number of aromatic carboxylic acids is 1. The van der Waals surface area contributed by atoms with Gasteiger partial charge < -0.3 is 15.1 Å². The van der Waals surface area contributed by atoms with Crippen molar-refractivity contribution in [3.8, 4) is 0 Å². The Bertz CT molecular complexity index is 720. The zero-order valence-electron chi connectivity index (χ0n) is 10.8. The van der Waals surface area contributed by atoms with Crippen molar-refractivity contribution in [1.29, 1.82) is 0 Å². The summed E-state index contributed by atoms with van der Waals surface area (Å²) in [6.45, 7) is -0.788. The molecule has 2 aromatic rings. The third kappa shape index (κ3) is 2.29. The molecular formula is C14H12F2N2O3. The van der Waals surface area contributed by atoms with E-state index in [0.717, 1.165) is 0 Å². The molecule has 110 valence electrons. The van der Waals surface area contributed by atoms with E-state index in [1.54, 1.807) is 12.1 Å². The highest BCUT2D eigenvalue weighted by Gasteiger charge is 2.47. The molecule has 0 unspecified atom stereocenters. The fourth-order valence-electron chi connectivity index (χ4n) is 2.48. The van der Waals surface area contributed by atoms with Crippen LogP contribution in [0.5, 0.6) is 0 Å². The summed E-state index contributed by atoms with van der Waals surface area (Å²) < 4.78 is 26.8. The maximum absolute atomic E-state index is 13.4. The van der Waals surface area contributed by atoms with E-state index in [1.165, 1.54) is 23.2 Å². The van der Waals surface area contributed by atoms with E-state index in [4.69, 9.17) is 5.11 Å². The lowest BCUT2D eigenvalue weighted by atomic mass is 10.1. The molecule has 1 saturated heterocycles. The van der Waals surface area contributed by atoms with Crippen LogP contribution < -0.4 is 4.90 Å². The van der Waals surface area contributed by atoms with Crippen molar-refractivity contribution < 1.29 is 23.8 Å². The highest BCUT2D eigenvalue weighted by molar-refractivity contribution is 6.03. The molecule has 0 saturated carbocycles. The molecule has 3 rings (SSSR count). The molecule has 1 aromatic carbocycles. The second-order valence-electron chi connectivity index (χ2n) is 5.02. The SMILES string of the molecule is O=C(O)c1ccnc2ccc(N3C[C@H](O)C(F)(F)C3)cc12. The van der Waals surface area contributed by atoms with Crippen LogP contribution in [0.15, 0.2) is 30.5 Å². The number of alkyl halides is 2. The number of halogens is 2. The van der Waals surface area contributed by atoms with E-state index in [2.05, 4.69) is 4.98 Å². The number of aromatic nitrogens is 1. The van der Waals surface area contributed by atoms with Crippen LogP contribution >= 0.6 is 0 Å². The van der Waals surface area contributed by atoms with Gasteiger partial charge >= 0.3 is 5.97 Å². The number of hydrogen-bond donors (Lipinski definition) is 2. The van der Waals surface area contributed by atoms with Gasteiger partial charge in [-0.3, -0.25) is 4.98 Å². The summed E-state index contributed by atoms with van der Waals surface area (Å²) in [5.74, 6) is -4.27. The first-order valence-electron chi connectivity index (χ1n) is 6.31. The average Bonchev–Trinajstić information content (AvgIpc) is 2.71. The summed E-state index contributed by atoms with van der Waals surface area (Å²) in [6, 6.07) is 6.05. The second-order valence-corrected chi connectivity index (χ2v) is 5.02. The maximum Gasteiger partial charge on any atom is 0.336 e. The first-order chi connectivity index (χ1) is 9.88. The molecule has 1 aliphatic heterocycles. The van der Waals surface area contributed by atoms with Gasteiger partial charge in [-0.05, 0) is 24.3 Å². The summed E-state index contributed by atoms with van der Waals surface area (Å²) in [4.78, 5) is 16.6. The standard InChI is InChI=1S/C14H12F2N2O3/c15-14(16)7-18(6-12(14)19)8-1-2-11-10(5-8)9(13(20)21)3-4-17-11/h1-5,12,19H,6-7H2,(H,20,21)/t12-/m0/s1. The summed E-state index contributed by atoms with van der Waals surface area (Å²) in [5.41, 5.74) is 0.979. The predicted octanol–water partition coefficient (Wildman–Crippen LogP) is 1.75. The molecule has 7 heteroatoms. The molecule has 0 spiro atoms. The Morgan fingerprint density at radius 2 is 2.14 bits per heavy atom. The highest BCUT2D eigenvalue weighted by atomic mass is 19.3. The van der Waals surface area contributed by atoms with Gasteiger partial charge in [0.2, 0.25) is 0 Å². The smallest absolute Gasteiger partial charge is 0.336 e. The predicted molar refractivity (Wildman–Crippen MR) is 71.9 cm³/mol. The lowest BCUT2D eigenvalue weighted by Crippen LogP contribution is -2.31. The summed E-state index contributed by atoms with van der Waals surface area (Å²) >= 11 is 0. The molecule has 2 N–H and O–H groups in total. The Hall–Kier alpha value is -2.28. The van der Waals surface area contributed by atoms with Crippen LogP contribution in [0.1, 0.15) is 10.4 Å². The van der Waals surface area contributed by atoms with Crippen molar-refractivity contribution >= 4 is 22.6 Å². The van der Waals surface area contributed by atoms with Crippen LogP contribution in [0, 0.1) is 0 Å². The van der Waals surface area contributed by atoms with Gasteiger partial charge in [-0.1, -0.05) is 0 Å². The third-order valence-electron chi connectivity index (χ3n) is 3.60. The topological polar surface area (TPSA) is 73.7 Å². The molecule has 21 heavy (non-hydrogen) atoms. The number of carboxylic acid groups (broad SMARTS) is 1. The molecule has 1 fully saturated rings. The normalized spacial score (nSPS) is 20.9. The molecule has 1 aromatic heterocycles. The van der Waals surface area contributed by atoms with Crippen LogP contribution in [0.4, 0.5) is 14.5 Å². The average molecular weight is 294 g/mol. The van der Waals surface area contributed by atoms with Crippen molar-refractivity contribution in [2.75, 3.05) is 18.0 Å². The van der Waals surface area contributed by atoms with Gasteiger partial charge in [0.1, 0.15) is 6.10 Å². The number of pyridine rings is 1. The first kappa shape index (κ1) is 13.7. The molecule has 1 atom stereocenters.